The lowest BCUT2D eigenvalue weighted by atomic mass is 9.93. The van der Waals surface area contributed by atoms with E-state index in [1.165, 1.54) is 0 Å². The number of hydrogen-bond acceptors (Lipinski definition) is 5. The van der Waals surface area contributed by atoms with Crippen LogP contribution >= 0.6 is 11.3 Å². The molecule has 86 valence electrons. The molecule has 15 heavy (non-hydrogen) atoms. The first-order valence-corrected chi connectivity index (χ1v) is 5.57. The summed E-state index contributed by atoms with van der Waals surface area (Å²) in [6, 6.07) is 3.88. The van der Waals surface area contributed by atoms with Crippen LogP contribution in [0.2, 0.25) is 0 Å². The number of hydrogen-bond donors (Lipinski definition) is 3. The molecule has 1 aromatic rings. The maximum absolute atomic E-state index is 9.04. The predicted octanol–water partition coefficient (Wildman–Crippen LogP) is 0.228. The van der Waals surface area contributed by atoms with Crippen LogP contribution in [0.1, 0.15) is 4.88 Å². The molecular weight excluding hydrogens is 216 g/mol. The molecule has 0 aliphatic heterocycles. The zero-order valence-electron chi connectivity index (χ0n) is 8.43. The smallest absolute Gasteiger partial charge is 0.0809 e. The number of rotatable bonds is 7. The molecule has 0 saturated heterocycles. The molecule has 0 aromatic carbocycles. The Balaban J connectivity index is 2.34. The summed E-state index contributed by atoms with van der Waals surface area (Å²) in [5.74, 6) is 0. The van der Waals surface area contributed by atoms with Crippen LogP contribution < -0.4 is 0 Å². The summed E-state index contributed by atoms with van der Waals surface area (Å²) in [6.07, 6.45) is 0. The summed E-state index contributed by atoms with van der Waals surface area (Å²) in [4.78, 5) is 1.08. The molecule has 0 bridgehead atoms. The minimum Gasteiger partial charge on any atom is -0.396 e. The van der Waals surface area contributed by atoms with Gasteiger partial charge in [0.15, 0.2) is 0 Å². The van der Waals surface area contributed by atoms with Crippen molar-refractivity contribution < 1.29 is 20.1 Å². The second-order valence-electron chi connectivity index (χ2n) is 3.55. The molecule has 4 nitrogen and oxygen atoms in total. The average Bonchev–Trinajstić information content (AvgIpc) is 2.78. The highest BCUT2D eigenvalue weighted by Gasteiger charge is 2.28. The lowest BCUT2D eigenvalue weighted by molar-refractivity contribution is -0.0616. The highest BCUT2D eigenvalue weighted by atomic mass is 32.1. The van der Waals surface area contributed by atoms with Crippen LogP contribution in [0.4, 0.5) is 0 Å². The van der Waals surface area contributed by atoms with E-state index in [2.05, 4.69) is 0 Å². The van der Waals surface area contributed by atoms with E-state index >= 15 is 0 Å². The van der Waals surface area contributed by atoms with E-state index in [1.54, 1.807) is 11.3 Å². The third kappa shape index (κ3) is 3.55. The van der Waals surface area contributed by atoms with Gasteiger partial charge in [-0.25, -0.2) is 0 Å². The van der Waals surface area contributed by atoms with Crippen molar-refractivity contribution >= 4 is 11.3 Å². The summed E-state index contributed by atoms with van der Waals surface area (Å²) in [7, 11) is 0. The molecule has 0 aliphatic carbocycles. The Labute approximate surface area is 92.8 Å². The minimum atomic E-state index is -0.933. The van der Waals surface area contributed by atoms with Crippen molar-refractivity contribution in [2.45, 2.75) is 6.61 Å². The summed E-state index contributed by atoms with van der Waals surface area (Å²) in [5, 5.41) is 29.1. The van der Waals surface area contributed by atoms with Crippen molar-refractivity contribution in [3.05, 3.63) is 22.4 Å². The van der Waals surface area contributed by atoms with Crippen LogP contribution in [0.15, 0.2) is 17.5 Å². The van der Waals surface area contributed by atoms with Gasteiger partial charge in [0, 0.05) is 4.88 Å². The summed E-state index contributed by atoms with van der Waals surface area (Å²) >= 11 is 1.58. The zero-order valence-corrected chi connectivity index (χ0v) is 9.24. The first-order chi connectivity index (χ1) is 7.26. The van der Waals surface area contributed by atoms with Gasteiger partial charge in [0.2, 0.25) is 0 Å². The summed E-state index contributed by atoms with van der Waals surface area (Å²) in [6.45, 7) is -0.271. The van der Waals surface area contributed by atoms with Crippen LogP contribution in [0.5, 0.6) is 0 Å². The fourth-order valence-corrected chi connectivity index (χ4v) is 1.69. The standard InChI is InChI=1S/C10H16O4S/c11-5-10(6-12,7-13)8-14-4-9-2-1-3-15-9/h1-3,11-13H,4-8H2. The van der Waals surface area contributed by atoms with Gasteiger partial charge in [-0.3, -0.25) is 0 Å². The lowest BCUT2D eigenvalue weighted by Gasteiger charge is -2.26. The molecule has 0 amide bonds. The van der Waals surface area contributed by atoms with Gasteiger partial charge in [0.25, 0.3) is 0 Å². The van der Waals surface area contributed by atoms with Gasteiger partial charge in [-0.15, -0.1) is 11.3 Å². The monoisotopic (exact) mass is 232 g/mol. The fourth-order valence-electron chi connectivity index (χ4n) is 1.05. The molecule has 0 spiro atoms. The second kappa shape index (κ2) is 6.19. The van der Waals surface area contributed by atoms with E-state index < -0.39 is 5.41 Å². The Hall–Kier alpha value is -0.460. The summed E-state index contributed by atoms with van der Waals surface area (Å²) < 4.78 is 5.35. The third-order valence-electron chi connectivity index (χ3n) is 2.24. The van der Waals surface area contributed by atoms with Crippen LogP contribution in [-0.4, -0.2) is 41.7 Å². The Morgan fingerprint density at radius 1 is 1.20 bits per heavy atom. The van der Waals surface area contributed by atoms with Gasteiger partial charge >= 0.3 is 0 Å². The van der Waals surface area contributed by atoms with Crippen molar-refractivity contribution in [3.63, 3.8) is 0 Å². The van der Waals surface area contributed by atoms with E-state index in [0.29, 0.717) is 6.61 Å². The van der Waals surface area contributed by atoms with Crippen molar-refractivity contribution in [2.75, 3.05) is 26.4 Å². The number of ether oxygens (including phenoxy) is 1. The van der Waals surface area contributed by atoms with Crippen molar-refractivity contribution in [1.29, 1.82) is 0 Å². The van der Waals surface area contributed by atoms with Gasteiger partial charge in [-0.1, -0.05) is 6.07 Å². The Morgan fingerprint density at radius 2 is 1.87 bits per heavy atom. The van der Waals surface area contributed by atoms with Gasteiger partial charge < -0.3 is 20.1 Å². The highest BCUT2D eigenvalue weighted by Crippen LogP contribution is 2.17. The van der Waals surface area contributed by atoms with Gasteiger partial charge in [0.1, 0.15) is 0 Å². The van der Waals surface area contributed by atoms with Crippen LogP contribution in [0.25, 0.3) is 0 Å². The lowest BCUT2D eigenvalue weighted by Crippen LogP contribution is -2.38. The van der Waals surface area contributed by atoms with Crippen molar-refractivity contribution in [2.24, 2.45) is 5.41 Å². The maximum atomic E-state index is 9.04. The zero-order chi connectivity index (χ0) is 11.1. The summed E-state index contributed by atoms with van der Waals surface area (Å²) in [5.41, 5.74) is -0.933. The number of aliphatic hydroxyl groups is 3. The normalized spacial score (nSPS) is 11.9. The molecular formula is C10H16O4S. The van der Waals surface area contributed by atoms with E-state index in [1.807, 2.05) is 17.5 Å². The second-order valence-corrected chi connectivity index (χ2v) is 4.58. The number of thiophene rings is 1. The Morgan fingerprint density at radius 3 is 2.33 bits per heavy atom. The van der Waals surface area contributed by atoms with E-state index in [0.717, 1.165) is 4.88 Å². The van der Waals surface area contributed by atoms with E-state index in [4.69, 9.17) is 20.1 Å². The maximum Gasteiger partial charge on any atom is 0.0809 e. The third-order valence-corrected chi connectivity index (χ3v) is 3.09. The predicted molar refractivity (Wildman–Crippen MR) is 57.7 cm³/mol. The van der Waals surface area contributed by atoms with Gasteiger partial charge in [-0.2, -0.15) is 0 Å². The molecule has 1 rings (SSSR count). The molecule has 0 radical (unpaired) electrons. The van der Waals surface area contributed by atoms with Crippen molar-refractivity contribution in [1.82, 2.24) is 0 Å². The molecule has 0 atom stereocenters. The molecule has 5 heteroatoms. The molecule has 0 saturated carbocycles. The largest absolute Gasteiger partial charge is 0.396 e. The van der Waals surface area contributed by atoms with Crippen LogP contribution in [0, 0.1) is 5.41 Å². The van der Waals surface area contributed by atoms with Crippen LogP contribution in [-0.2, 0) is 11.3 Å². The first kappa shape index (κ1) is 12.6. The Kier molecular flexibility index (Phi) is 5.21. The quantitative estimate of drug-likeness (QED) is 0.629. The van der Waals surface area contributed by atoms with E-state index in [-0.39, 0.29) is 26.4 Å². The molecule has 0 fully saturated rings. The highest BCUT2D eigenvalue weighted by molar-refractivity contribution is 7.09. The van der Waals surface area contributed by atoms with E-state index in [9.17, 15) is 0 Å². The molecule has 1 heterocycles. The fraction of sp³-hybridized carbons (Fsp3) is 0.600. The SMILES string of the molecule is OCC(CO)(CO)COCc1cccs1. The van der Waals surface area contributed by atoms with Gasteiger partial charge in [0.05, 0.1) is 38.4 Å². The first-order valence-electron chi connectivity index (χ1n) is 4.69. The molecule has 0 unspecified atom stereocenters. The van der Waals surface area contributed by atoms with Crippen LogP contribution in [0.3, 0.4) is 0 Å². The average molecular weight is 232 g/mol. The molecule has 3 N–H and O–H groups in total. The minimum absolute atomic E-state index is 0.147. The molecule has 1 aromatic heterocycles. The number of aliphatic hydroxyl groups excluding tert-OH is 3. The van der Waals surface area contributed by atoms with Gasteiger partial charge in [-0.05, 0) is 11.4 Å². The topological polar surface area (TPSA) is 69.9 Å². The molecule has 0 aliphatic rings. The van der Waals surface area contributed by atoms with Crippen molar-refractivity contribution in [3.8, 4) is 0 Å². The Bertz CT molecular complexity index is 248.